The molecule has 0 aliphatic heterocycles. The molecule has 2 unspecified atom stereocenters. The van der Waals surface area contributed by atoms with E-state index >= 15 is 0 Å². The molecule has 0 saturated heterocycles. The third-order valence-electron chi connectivity index (χ3n) is 1.84. The first kappa shape index (κ1) is 11.0. The summed E-state index contributed by atoms with van der Waals surface area (Å²) in [4.78, 5) is 0. The van der Waals surface area contributed by atoms with Gasteiger partial charge in [0.25, 0.3) is 0 Å². The number of aliphatic hydroxyl groups is 1. The highest BCUT2D eigenvalue weighted by atomic mass is 19.1. The summed E-state index contributed by atoms with van der Waals surface area (Å²) in [6.45, 7) is 3.49. The van der Waals surface area contributed by atoms with Crippen molar-refractivity contribution in [1.29, 1.82) is 0 Å². The number of para-hydroxylation sites is 1. The van der Waals surface area contributed by atoms with Gasteiger partial charge in [-0.2, -0.15) is 0 Å². The molecule has 14 heavy (non-hydrogen) atoms. The maximum absolute atomic E-state index is 13.1. The molecule has 0 radical (unpaired) electrons. The first-order valence-corrected chi connectivity index (χ1v) is 4.69. The van der Waals surface area contributed by atoms with Crippen LogP contribution in [0.2, 0.25) is 0 Å². The Hall–Kier alpha value is -1.09. The van der Waals surface area contributed by atoms with Gasteiger partial charge in [0.1, 0.15) is 0 Å². The highest BCUT2D eigenvalue weighted by molar-refractivity contribution is 5.23. The number of hydrogen-bond donors (Lipinski definition) is 1. The topological polar surface area (TPSA) is 29.5 Å². The lowest BCUT2D eigenvalue weighted by Crippen LogP contribution is -2.18. The van der Waals surface area contributed by atoms with Gasteiger partial charge in [-0.25, -0.2) is 4.39 Å². The Morgan fingerprint density at radius 1 is 1.36 bits per heavy atom. The van der Waals surface area contributed by atoms with Crippen LogP contribution in [0.1, 0.15) is 20.3 Å². The fourth-order valence-electron chi connectivity index (χ4n) is 1.29. The number of aliphatic hydroxyl groups excluding tert-OH is 1. The largest absolute Gasteiger partial charge is 0.488 e. The molecule has 2 atom stereocenters. The number of benzene rings is 1. The molecule has 0 aromatic heterocycles. The maximum atomic E-state index is 13.1. The molecule has 3 heteroatoms. The minimum Gasteiger partial charge on any atom is -0.488 e. The summed E-state index contributed by atoms with van der Waals surface area (Å²) >= 11 is 0. The number of halogens is 1. The van der Waals surface area contributed by atoms with Crippen LogP contribution >= 0.6 is 0 Å². The zero-order valence-electron chi connectivity index (χ0n) is 8.40. The predicted molar refractivity (Wildman–Crippen MR) is 52.8 cm³/mol. The van der Waals surface area contributed by atoms with Crippen LogP contribution in [0.25, 0.3) is 0 Å². The van der Waals surface area contributed by atoms with Gasteiger partial charge in [0.2, 0.25) is 0 Å². The fraction of sp³-hybridized carbons (Fsp3) is 0.455. The van der Waals surface area contributed by atoms with E-state index in [-0.39, 0.29) is 17.7 Å². The van der Waals surface area contributed by atoms with Crippen molar-refractivity contribution < 1.29 is 14.2 Å². The normalized spacial score (nSPS) is 14.9. The molecule has 1 aromatic rings. The van der Waals surface area contributed by atoms with E-state index < -0.39 is 6.10 Å². The number of ether oxygens (including phenoxy) is 1. The van der Waals surface area contributed by atoms with Gasteiger partial charge in [-0.15, -0.1) is 0 Å². The highest BCUT2D eigenvalue weighted by Crippen LogP contribution is 2.18. The molecule has 0 spiro atoms. The van der Waals surface area contributed by atoms with Crippen LogP contribution in [-0.4, -0.2) is 17.3 Å². The van der Waals surface area contributed by atoms with E-state index in [1.165, 1.54) is 6.07 Å². The molecule has 78 valence electrons. The van der Waals surface area contributed by atoms with E-state index in [2.05, 4.69) is 0 Å². The van der Waals surface area contributed by atoms with E-state index in [9.17, 15) is 4.39 Å². The average molecular weight is 198 g/mol. The quantitative estimate of drug-likeness (QED) is 0.804. The van der Waals surface area contributed by atoms with Gasteiger partial charge < -0.3 is 9.84 Å². The van der Waals surface area contributed by atoms with Crippen LogP contribution in [-0.2, 0) is 0 Å². The van der Waals surface area contributed by atoms with Crippen molar-refractivity contribution >= 4 is 0 Å². The minimum atomic E-state index is -0.434. The zero-order chi connectivity index (χ0) is 10.6. The smallest absolute Gasteiger partial charge is 0.165 e. The van der Waals surface area contributed by atoms with Crippen molar-refractivity contribution in [2.75, 3.05) is 0 Å². The van der Waals surface area contributed by atoms with Gasteiger partial charge in [0.05, 0.1) is 12.2 Å². The van der Waals surface area contributed by atoms with Crippen molar-refractivity contribution in [1.82, 2.24) is 0 Å². The molecule has 0 aliphatic carbocycles. The van der Waals surface area contributed by atoms with Gasteiger partial charge in [-0.3, -0.25) is 0 Å². The standard InChI is InChI=1S/C11H15FO2/c1-8(13)7-9(2)14-11-6-4-3-5-10(11)12/h3-6,8-9,13H,7H2,1-2H3. The number of hydrogen-bond acceptors (Lipinski definition) is 2. The van der Waals surface area contributed by atoms with E-state index in [1.54, 1.807) is 32.0 Å². The van der Waals surface area contributed by atoms with E-state index in [0.29, 0.717) is 6.42 Å². The molecule has 2 nitrogen and oxygen atoms in total. The summed E-state index contributed by atoms with van der Waals surface area (Å²) in [6.07, 6.45) is -0.127. The Morgan fingerprint density at radius 2 is 2.00 bits per heavy atom. The Kier molecular flexibility index (Phi) is 3.89. The summed E-state index contributed by atoms with van der Waals surface area (Å²) in [5.41, 5.74) is 0. The molecule has 0 amide bonds. The van der Waals surface area contributed by atoms with Gasteiger partial charge in [0.15, 0.2) is 11.6 Å². The summed E-state index contributed by atoms with van der Waals surface area (Å²) in [5.74, 6) is -0.134. The average Bonchev–Trinajstić information content (AvgIpc) is 2.07. The maximum Gasteiger partial charge on any atom is 0.165 e. The molecule has 1 aromatic carbocycles. The Bertz CT molecular complexity index is 286. The Labute approximate surface area is 83.3 Å². The van der Waals surface area contributed by atoms with Crippen LogP contribution < -0.4 is 4.74 Å². The SMILES string of the molecule is CC(O)CC(C)Oc1ccccc1F. The Balaban J connectivity index is 2.56. The van der Waals surface area contributed by atoms with E-state index in [1.807, 2.05) is 0 Å². The summed E-state index contributed by atoms with van der Waals surface area (Å²) in [5, 5.41) is 9.10. The van der Waals surface area contributed by atoms with E-state index in [0.717, 1.165) is 0 Å². The second-order valence-corrected chi connectivity index (χ2v) is 3.44. The molecule has 0 heterocycles. The van der Waals surface area contributed by atoms with Crippen molar-refractivity contribution in [2.45, 2.75) is 32.5 Å². The van der Waals surface area contributed by atoms with Crippen LogP contribution in [0.15, 0.2) is 24.3 Å². The molecule has 0 fully saturated rings. The third-order valence-corrected chi connectivity index (χ3v) is 1.84. The van der Waals surface area contributed by atoms with Crippen molar-refractivity contribution in [3.05, 3.63) is 30.1 Å². The fourth-order valence-corrected chi connectivity index (χ4v) is 1.29. The highest BCUT2D eigenvalue weighted by Gasteiger charge is 2.09. The second-order valence-electron chi connectivity index (χ2n) is 3.44. The predicted octanol–water partition coefficient (Wildman–Crippen LogP) is 2.36. The van der Waals surface area contributed by atoms with Gasteiger partial charge in [0, 0.05) is 6.42 Å². The lowest BCUT2D eigenvalue weighted by Gasteiger charge is -2.16. The second kappa shape index (κ2) is 4.96. The summed E-state index contributed by atoms with van der Waals surface area (Å²) in [7, 11) is 0. The first-order chi connectivity index (χ1) is 6.59. The molecule has 0 bridgehead atoms. The van der Waals surface area contributed by atoms with Gasteiger partial charge in [-0.05, 0) is 26.0 Å². The van der Waals surface area contributed by atoms with Crippen molar-refractivity contribution in [3.63, 3.8) is 0 Å². The third kappa shape index (κ3) is 3.34. The van der Waals surface area contributed by atoms with Crippen molar-refractivity contribution in [2.24, 2.45) is 0 Å². The van der Waals surface area contributed by atoms with Crippen molar-refractivity contribution in [3.8, 4) is 5.75 Å². The molecule has 1 rings (SSSR count). The number of rotatable bonds is 4. The zero-order valence-corrected chi connectivity index (χ0v) is 8.40. The van der Waals surface area contributed by atoms with Crippen LogP contribution in [0.4, 0.5) is 4.39 Å². The summed E-state index contributed by atoms with van der Waals surface area (Å²) < 4.78 is 18.4. The molecule has 0 saturated carbocycles. The molecule has 0 aliphatic rings. The van der Waals surface area contributed by atoms with Gasteiger partial charge in [-0.1, -0.05) is 12.1 Å². The monoisotopic (exact) mass is 198 g/mol. The lowest BCUT2D eigenvalue weighted by molar-refractivity contribution is 0.112. The molecular formula is C11H15FO2. The minimum absolute atomic E-state index is 0.188. The van der Waals surface area contributed by atoms with Crippen LogP contribution in [0, 0.1) is 5.82 Å². The molecule has 1 N–H and O–H groups in total. The first-order valence-electron chi connectivity index (χ1n) is 4.69. The van der Waals surface area contributed by atoms with Gasteiger partial charge >= 0.3 is 0 Å². The Morgan fingerprint density at radius 3 is 2.57 bits per heavy atom. The lowest BCUT2D eigenvalue weighted by atomic mass is 10.2. The van der Waals surface area contributed by atoms with Crippen LogP contribution in [0.3, 0.4) is 0 Å². The molecular weight excluding hydrogens is 183 g/mol. The van der Waals surface area contributed by atoms with E-state index in [4.69, 9.17) is 9.84 Å². The van der Waals surface area contributed by atoms with Crippen LogP contribution in [0.5, 0.6) is 5.75 Å². The summed E-state index contributed by atoms with van der Waals surface area (Å²) in [6, 6.07) is 6.26.